The molecule has 0 bridgehead atoms. The van der Waals surface area contributed by atoms with Gasteiger partial charge in [0.15, 0.2) is 0 Å². The maximum Gasteiger partial charge on any atom is 0.225 e. The molecule has 0 aromatic heterocycles. The number of hydrogen-bond acceptors (Lipinski definition) is 2. The molecule has 1 aromatic rings. The van der Waals surface area contributed by atoms with Gasteiger partial charge in [-0.1, -0.05) is 24.3 Å². The Bertz CT molecular complexity index is 408. The Morgan fingerprint density at radius 1 is 1.44 bits per heavy atom. The van der Waals surface area contributed by atoms with Crippen LogP contribution in [0.2, 0.25) is 0 Å². The number of hydrogen-bond donors (Lipinski definition) is 0. The highest BCUT2D eigenvalue weighted by molar-refractivity contribution is 6.64. The molecule has 0 N–H and O–H groups in total. The lowest BCUT2D eigenvalue weighted by Crippen LogP contribution is -1.89. The summed E-state index contributed by atoms with van der Waals surface area (Å²) in [5, 5.41) is -0.218. The van der Waals surface area contributed by atoms with Crippen molar-refractivity contribution in [3.8, 4) is 5.75 Å². The maximum atomic E-state index is 10.8. The van der Waals surface area contributed by atoms with Crippen LogP contribution < -0.4 is 4.74 Å². The van der Waals surface area contributed by atoms with Crippen molar-refractivity contribution in [3.05, 3.63) is 35.9 Å². The van der Waals surface area contributed by atoms with Crippen molar-refractivity contribution < 1.29 is 9.53 Å². The van der Waals surface area contributed by atoms with E-state index in [0.29, 0.717) is 5.92 Å². The molecule has 2 nitrogen and oxygen atoms in total. The van der Waals surface area contributed by atoms with Crippen LogP contribution in [0.15, 0.2) is 30.3 Å². The summed E-state index contributed by atoms with van der Waals surface area (Å²) in [6.07, 6.45) is 4.95. The van der Waals surface area contributed by atoms with Gasteiger partial charge in [-0.25, -0.2) is 0 Å². The number of methoxy groups -OCH3 is 1. The Hall–Kier alpha value is -1.28. The normalized spacial score (nSPS) is 23.4. The molecule has 2 rings (SSSR count). The van der Waals surface area contributed by atoms with Crippen LogP contribution in [0.25, 0.3) is 6.08 Å². The van der Waals surface area contributed by atoms with Crippen LogP contribution in [-0.4, -0.2) is 12.4 Å². The first-order chi connectivity index (χ1) is 7.70. The van der Waals surface area contributed by atoms with Gasteiger partial charge >= 0.3 is 0 Å². The molecular weight excluding hydrogens is 224 g/mol. The maximum absolute atomic E-state index is 10.8. The van der Waals surface area contributed by atoms with Gasteiger partial charge in [-0.15, -0.1) is 0 Å². The number of allylic oxidation sites excluding steroid dienone is 1. The number of carbonyl (C=O) groups is 1. The fourth-order valence-corrected chi connectivity index (χ4v) is 1.89. The third-order valence-corrected chi connectivity index (χ3v) is 3.06. The van der Waals surface area contributed by atoms with Gasteiger partial charge in [0.2, 0.25) is 5.24 Å². The first-order valence-electron chi connectivity index (χ1n) is 5.22. The second-order valence-corrected chi connectivity index (χ2v) is 4.31. The van der Waals surface area contributed by atoms with Crippen molar-refractivity contribution in [2.75, 3.05) is 7.11 Å². The van der Waals surface area contributed by atoms with E-state index in [1.54, 1.807) is 7.11 Å². The van der Waals surface area contributed by atoms with E-state index in [0.717, 1.165) is 17.7 Å². The molecule has 84 valence electrons. The molecule has 1 fully saturated rings. The minimum absolute atomic E-state index is 0.0381. The van der Waals surface area contributed by atoms with Crippen LogP contribution in [0.5, 0.6) is 5.75 Å². The molecule has 1 aromatic carbocycles. The van der Waals surface area contributed by atoms with Crippen LogP contribution in [0.3, 0.4) is 0 Å². The molecule has 0 heterocycles. The molecule has 2 atom stereocenters. The molecule has 0 radical (unpaired) electrons. The highest BCUT2D eigenvalue weighted by Gasteiger charge is 2.39. The van der Waals surface area contributed by atoms with Gasteiger partial charge in [-0.05, 0) is 41.6 Å². The lowest BCUT2D eigenvalue weighted by atomic mass is 10.2. The molecule has 0 saturated heterocycles. The largest absolute Gasteiger partial charge is 0.497 e. The highest BCUT2D eigenvalue weighted by Crippen LogP contribution is 2.41. The third-order valence-electron chi connectivity index (χ3n) is 2.78. The summed E-state index contributed by atoms with van der Waals surface area (Å²) in [5.41, 5.74) is 1.11. The Morgan fingerprint density at radius 2 is 2.12 bits per heavy atom. The fraction of sp³-hybridized carbons (Fsp3) is 0.308. The summed E-state index contributed by atoms with van der Waals surface area (Å²) in [5.74, 6) is 1.21. The predicted octanol–water partition coefficient (Wildman–Crippen LogP) is 3.11. The number of carbonyl (C=O) groups excluding carboxylic acids is 1. The zero-order valence-electron chi connectivity index (χ0n) is 9.02. The zero-order valence-corrected chi connectivity index (χ0v) is 9.78. The molecule has 0 aliphatic heterocycles. The van der Waals surface area contributed by atoms with E-state index in [9.17, 15) is 4.79 Å². The average molecular weight is 237 g/mol. The van der Waals surface area contributed by atoms with Crippen molar-refractivity contribution in [2.45, 2.75) is 6.42 Å². The van der Waals surface area contributed by atoms with Gasteiger partial charge < -0.3 is 4.74 Å². The Balaban J connectivity index is 1.94. The van der Waals surface area contributed by atoms with E-state index < -0.39 is 0 Å². The number of halogens is 1. The van der Waals surface area contributed by atoms with Crippen LogP contribution in [0.4, 0.5) is 0 Å². The second kappa shape index (κ2) is 4.71. The molecular formula is C13H13ClO2. The number of ether oxygens (including phenoxy) is 1. The summed E-state index contributed by atoms with van der Waals surface area (Å²) >= 11 is 5.40. The summed E-state index contributed by atoms with van der Waals surface area (Å²) in [6.45, 7) is 0. The fourth-order valence-electron chi connectivity index (χ4n) is 1.64. The van der Waals surface area contributed by atoms with E-state index >= 15 is 0 Å². The molecule has 1 aliphatic carbocycles. The van der Waals surface area contributed by atoms with Crippen LogP contribution >= 0.6 is 11.6 Å². The van der Waals surface area contributed by atoms with E-state index in [1.165, 1.54) is 0 Å². The number of rotatable bonds is 4. The highest BCUT2D eigenvalue weighted by atomic mass is 35.5. The van der Waals surface area contributed by atoms with Crippen molar-refractivity contribution in [2.24, 2.45) is 11.8 Å². The minimum atomic E-state index is -0.218. The van der Waals surface area contributed by atoms with E-state index in [2.05, 4.69) is 0 Å². The zero-order chi connectivity index (χ0) is 11.5. The van der Waals surface area contributed by atoms with Crippen molar-refractivity contribution in [1.82, 2.24) is 0 Å². The van der Waals surface area contributed by atoms with Crippen LogP contribution in [-0.2, 0) is 4.79 Å². The second-order valence-electron chi connectivity index (χ2n) is 3.94. The number of benzene rings is 1. The predicted molar refractivity (Wildman–Crippen MR) is 64.5 cm³/mol. The van der Waals surface area contributed by atoms with Crippen molar-refractivity contribution in [1.29, 1.82) is 0 Å². The van der Waals surface area contributed by atoms with Crippen molar-refractivity contribution in [3.63, 3.8) is 0 Å². The molecule has 0 amide bonds. The lowest BCUT2D eigenvalue weighted by molar-refractivity contribution is -0.112. The molecule has 1 aliphatic rings. The SMILES string of the molecule is COc1ccc(C=CC2CC2C(=O)Cl)cc1. The van der Waals surface area contributed by atoms with Gasteiger partial charge in [0.1, 0.15) is 5.75 Å². The third kappa shape index (κ3) is 2.64. The topological polar surface area (TPSA) is 26.3 Å². The first kappa shape index (κ1) is 11.2. The first-order valence-corrected chi connectivity index (χ1v) is 5.60. The Morgan fingerprint density at radius 3 is 2.62 bits per heavy atom. The average Bonchev–Trinajstić information content (AvgIpc) is 3.06. The van der Waals surface area contributed by atoms with E-state index in [1.807, 2.05) is 36.4 Å². The van der Waals surface area contributed by atoms with Crippen LogP contribution in [0, 0.1) is 11.8 Å². The summed E-state index contributed by atoms with van der Waals surface area (Å²) in [6, 6.07) is 7.79. The monoisotopic (exact) mass is 236 g/mol. The summed E-state index contributed by atoms with van der Waals surface area (Å²) in [4.78, 5) is 10.8. The van der Waals surface area contributed by atoms with Crippen LogP contribution in [0.1, 0.15) is 12.0 Å². The quantitative estimate of drug-likeness (QED) is 0.751. The molecule has 3 heteroatoms. The molecule has 16 heavy (non-hydrogen) atoms. The Labute approximate surface area is 99.9 Å². The van der Waals surface area contributed by atoms with Gasteiger partial charge in [0.25, 0.3) is 0 Å². The Kier molecular flexibility index (Phi) is 3.30. The van der Waals surface area contributed by atoms with E-state index in [-0.39, 0.29) is 11.2 Å². The smallest absolute Gasteiger partial charge is 0.225 e. The summed E-state index contributed by atoms with van der Waals surface area (Å²) < 4.78 is 5.07. The lowest BCUT2D eigenvalue weighted by Gasteiger charge is -1.98. The standard InChI is InChI=1S/C13H13ClO2/c1-16-11-6-3-9(4-7-11)2-5-10-8-12(10)13(14)15/h2-7,10,12H,8H2,1H3. The summed E-state index contributed by atoms with van der Waals surface area (Å²) in [7, 11) is 1.64. The van der Waals surface area contributed by atoms with Gasteiger partial charge in [-0.2, -0.15) is 0 Å². The molecule has 1 saturated carbocycles. The minimum Gasteiger partial charge on any atom is -0.497 e. The van der Waals surface area contributed by atoms with Gasteiger partial charge in [0, 0.05) is 5.92 Å². The van der Waals surface area contributed by atoms with Gasteiger partial charge in [-0.3, -0.25) is 4.79 Å². The molecule has 2 unspecified atom stereocenters. The van der Waals surface area contributed by atoms with Gasteiger partial charge in [0.05, 0.1) is 7.11 Å². The van der Waals surface area contributed by atoms with E-state index in [4.69, 9.17) is 16.3 Å². The van der Waals surface area contributed by atoms with Crippen molar-refractivity contribution >= 4 is 22.9 Å². The molecule has 0 spiro atoms.